The molecular formula is C19H22N2O5S. The number of amides is 1. The Kier molecular flexibility index (Phi) is 5.27. The molecule has 3 rings (SSSR count). The monoisotopic (exact) mass is 390 g/mol. The molecule has 0 aromatic heterocycles. The van der Waals surface area contributed by atoms with Gasteiger partial charge in [0, 0.05) is 13.0 Å². The lowest BCUT2D eigenvalue weighted by Gasteiger charge is -2.20. The first-order valence-corrected chi connectivity index (χ1v) is 10.3. The highest BCUT2D eigenvalue weighted by atomic mass is 32.2. The molecule has 1 heterocycles. The van der Waals surface area contributed by atoms with Crippen molar-refractivity contribution in [2.45, 2.75) is 19.4 Å². The van der Waals surface area contributed by atoms with Crippen LogP contribution in [-0.2, 0) is 14.8 Å². The topological polar surface area (TPSA) is 84.9 Å². The standard InChI is InChI=1S/C19H22N2O5S/c1-13-8-9-16(25-2)14(12-13)20-19(22)18-10-11-21(27(3,23)24)15-6-4-5-7-17(15)26-18/h4-9,12,18H,10-11H2,1-3H3,(H,20,22)/t18-/m1/s1. The van der Waals surface area contributed by atoms with Crippen LogP contribution in [0, 0.1) is 6.92 Å². The van der Waals surface area contributed by atoms with Crippen molar-refractivity contribution >= 4 is 27.3 Å². The molecule has 0 bridgehead atoms. The fraction of sp³-hybridized carbons (Fsp3) is 0.316. The van der Waals surface area contributed by atoms with Crippen LogP contribution in [-0.4, -0.2) is 40.3 Å². The summed E-state index contributed by atoms with van der Waals surface area (Å²) < 4.78 is 36.7. The first kappa shape index (κ1) is 19.0. The van der Waals surface area contributed by atoms with Crippen LogP contribution in [0.15, 0.2) is 42.5 Å². The molecule has 27 heavy (non-hydrogen) atoms. The van der Waals surface area contributed by atoms with Gasteiger partial charge in [-0.1, -0.05) is 18.2 Å². The van der Waals surface area contributed by atoms with E-state index in [9.17, 15) is 13.2 Å². The molecule has 7 nitrogen and oxygen atoms in total. The van der Waals surface area contributed by atoms with Gasteiger partial charge in [0.15, 0.2) is 6.10 Å². The minimum absolute atomic E-state index is 0.152. The zero-order valence-electron chi connectivity index (χ0n) is 15.4. The van der Waals surface area contributed by atoms with Gasteiger partial charge in [0.25, 0.3) is 5.91 Å². The van der Waals surface area contributed by atoms with Gasteiger partial charge in [0.05, 0.1) is 24.7 Å². The molecule has 0 saturated heterocycles. The Bertz CT molecular complexity index is 958. The van der Waals surface area contributed by atoms with Crippen molar-refractivity contribution in [1.82, 2.24) is 0 Å². The summed E-state index contributed by atoms with van der Waals surface area (Å²) in [7, 11) is -1.95. The normalized spacial score (nSPS) is 16.7. The maximum atomic E-state index is 12.8. The first-order chi connectivity index (χ1) is 12.8. The second-order valence-electron chi connectivity index (χ2n) is 6.39. The number of benzene rings is 2. The highest BCUT2D eigenvalue weighted by Crippen LogP contribution is 2.34. The fourth-order valence-corrected chi connectivity index (χ4v) is 3.94. The second-order valence-corrected chi connectivity index (χ2v) is 8.30. The average Bonchev–Trinajstić information content (AvgIpc) is 2.81. The number of ether oxygens (including phenoxy) is 2. The number of anilines is 2. The maximum absolute atomic E-state index is 12.8. The van der Waals surface area contributed by atoms with Crippen LogP contribution in [0.4, 0.5) is 11.4 Å². The molecule has 1 atom stereocenters. The summed E-state index contributed by atoms with van der Waals surface area (Å²) >= 11 is 0. The van der Waals surface area contributed by atoms with Gasteiger partial charge in [0.1, 0.15) is 11.5 Å². The zero-order chi connectivity index (χ0) is 19.6. The second kappa shape index (κ2) is 7.48. The molecule has 8 heteroatoms. The fourth-order valence-electron chi connectivity index (χ4n) is 2.99. The van der Waals surface area contributed by atoms with Crippen molar-refractivity contribution in [3.8, 4) is 11.5 Å². The number of carbonyl (C=O) groups is 1. The van der Waals surface area contributed by atoms with Gasteiger partial charge >= 0.3 is 0 Å². The van der Waals surface area contributed by atoms with Gasteiger partial charge in [-0.05, 0) is 36.8 Å². The predicted molar refractivity (Wildman–Crippen MR) is 104 cm³/mol. The highest BCUT2D eigenvalue weighted by Gasteiger charge is 2.31. The molecule has 0 saturated carbocycles. The van der Waals surface area contributed by atoms with Crippen LogP contribution in [0.25, 0.3) is 0 Å². The summed E-state index contributed by atoms with van der Waals surface area (Å²) in [6.45, 7) is 2.07. The van der Waals surface area contributed by atoms with E-state index in [1.54, 1.807) is 30.3 Å². The third-order valence-corrected chi connectivity index (χ3v) is 5.48. The lowest BCUT2D eigenvalue weighted by molar-refractivity contribution is -0.122. The van der Waals surface area contributed by atoms with Crippen LogP contribution in [0.2, 0.25) is 0 Å². The van der Waals surface area contributed by atoms with E-state index in [0.29, 0.717) is 22.9 Å². The number of para-hydroxylation sites is 2. The van der Waals surface area contributed by atoms with Crippen LogP contribution in [0.3, 0.4) is 0 Å². The number of sulfonamides is 1. The van der Waals surface area contributed by atoms with Crippen molar-refractivity contribution in [1.29, 1.82) is 0 Å². The summed E-state index contributed by atoms with van der Waals surface area (Å²) in [5.41, 5.74) is 1.95. The number of carbonyl (C=O) groups excluding carboxylic acids is 1. The van der Waals surface area contributed by atoms with E-state index in [1.807, 2.05) is 19.1 Å². The predicted octanol–water partition coefficient (Wildman–Crippen LogP) is 2.56. The molecule has 0 fully saturated rings. The summed E-state index contributed by atoms with van der Waals surface area (Å²) in [4.78, 5) is 12.8. The van der Waals surface area contributed by atoms with Crippen molar-refractivity contribution in [2.24, 2.45) is 0 Å². The van der Waals surface area contributed by atoms with Gasteiger partial charge < -0.3 is 14.8 Å². The van der Waals surface area contributed by atoms with E-state index >= 15 is 0 Å². The molecule has 1 aliphatic heterocycles. The van der Waals surface area contributed by atoms with Crippen LogP contribution in [0.5, 0.6) is 11.5 Å². The van der Waals surface area contributed by atoms with E-state index in [-0.39, 0.29) is 18.9 Å². The third kappa shape index (κ3) is 4.16. The molecule has 1 aliphatic rings. The molecule has 144 valence electrons. The van der Waals surface area contributed by atoms with Gasteiger partial charge in [0.2, 0.25) is 10.0 Å². The van der Waals surface area contributed by atoms with Gasteiger partial charge in [-0.3, -0.25) is 9.10 Å². The van der Waals surface area contributed by atoms with Crippen LogP contribution >= 0.6 is 0 Å². The Labute approximate surface area is 158 Å². The molecule has 0 unspecified atom stereocenters. The number of hydrogen-bond acceptors (Lipinski definition) is 5. The van der Waals surface area contributed by atoms with E-state index in [1.165, 1.54) is 11.4 Å². The van der Waals surface area contributed by atoms with E-state index < -0.39 is 16.1 Å². The number of aryl methyl sites for hydroxylation is 1. The Morgan fingerprint density at radius 1 is 1.26 bits per heavy atom. The zero-order valence-corrected chi connectivity index (χ0v) is 16.2. The lowest BCUT2D eigenvalue weighted by atomic mass is 10.2. The molecule has 1 N–H and O–H groups in total. The smallest absolute Gasteiger partial charge is 0.265 e. The Balaban J connectivity index is 1.87. The highest BCUT2D eigenvalue weighted by molar-refractivity contribution is 7.92. The molecule has 2 aromatic rings. The SMILES string of the molecule is COc1ccc(C)cc1NC(=O)[C@H]1CCN(S(C)(=O)=O)c2ccccc2O1. The van der Waals surface area contributed by atoms with Crippen molar-refractivity contribution in [2.75, 3.05) is 29.5 Å². The summed E-state index contributed by atoms with van der Waals surface area (Å²) in [6, 6.07) is 12.3. The Morgan fingerprint density at radius 3 is 2.70 bits per heavy atom. The van der Waals surface area contributed by atoms with Gasteiger partial charge in [-0.15, -0.1) is 0 Å². The molecule has 0 aliphatic carbocycles. The quantitative estimate of drug-likeness (QED) is 0.867. The van der Waals surface area contributed by atoms with Gasteiger partial charge in [-0.2, -0.15) is 0 Å². The minimum atomic E-state index is -3.49. The van der Waals surface area contributed by atoms with Crippen molar-refractivity contribution in [3.05, 3.63) is 48.0 Å². The largest absolute Gasteiger partial charge is 0.495 e. The molecule has 0 spiro atoms. The molecule has 2 aromatic carbocycles. The van der Waals surface area contributed by atoms with E-state index in [0.717, 1.165) is 11.8 Å². The van der Waals surface area contributed by atoms with Crippen molar-refractivity contribution < 1.29 is 22.7 Å². The Hall–Kier alpha value is -2.74. The number of rotatable bonds is 4. The number of hydrogen-bond donors (Lipinski definition) is 1. The van der Waals surface area contributed by atoms with E-state index in [4.69, 9.17) is 9.47 Å². The van der Waals surface area contributed by atoms with Crippen molar-refractivity contribution in [3.63, 3.8) is 0 Å². The van der Waals surface area contributed by atoms with Gasteiger partial charge in [-0.25, -0.2) is 8.42 Å². The number of methoxy groups -OCH3 is 1. The Morgan fingerprint density at radius 2 is 2.00 bits per heavy atom. The summed E-state index contributed by atoms with van der Waals surface area (Å²) in [5.74, 6) is 0.543. The molecule has 1 amide bonds. The van der Waals surface area contributed by atoms with E-state index in [2.05, 4.69) is 5.32 Å². The summed E-state index contributed by atoms with van der Waals surface area (Å²) in [6.07, 6.45) is 0.534. The molecule has 0 radical (unpaired) electrons. The van der Waals surface area contributed by atoms with Crippen LogP contribution in [0.1, 0.15) is 12.0 Å². The average molecular weight is 390 g/mol. The molecular weight excluding hydrogens is 368 g/mol. The van der Waals surface area contributed by atoms with Crippen LogP contribution < -0.4 is 19.1 Å². The summed E-state index contributed by atoms with van der Waals surface area (Å²) in [5, 5.41) is 2.83. The third-order valence-electron chi connectivity index (χ3n) is 4.30. The first-order valence-electron chi connectivity index (χ1n) is 8.48. The number of fused-ring (bicyclic) bond motifs is 1. The maximum Gasteiger partial charge on any atom is 0.265 e. The minimum Gasteiger partial charge on any atom is -0.495 e. The number of nitrogens with zero attached hydrogens (tertiary/aromatic N) is 1. The lowest BCUT2D eigenvalue weighted by Crippen LogP contribution is -2.36. The number of nitrogens with one attached hydrogen (secondary N) is 1.